The highest BCUT2D eigenvalue weighted by Gasteiger charge is 2.10. The van der Waals surface area contributed by atoms with Crippen LogP contribution in [0.15, 0.2) is 29.3 Å². The van der Waals surface area contributed by atoms with Crippen molar-refractivity contribution in [1.82, 2.24) is 10.2 Å². The number of aliphatic imine (C=N–C) groups is 1. The molecule has 0 radical (unpaired) electrons. The summed E-state index contributed by atoms with van der Waals surface area (Å²) in [6.45, 7) is 5.74. The second kappa shape index (κ2) is 11.7. The molecule has 1 heterocycles. The maximum Gasteiger partial charge on any atom is 0.188 e. The van der Waals surface area contributed by atoms with Gasteiger partial charge in [-0.3, -0.25) is 4.90 Å². The summed E-state index contributed by atoms with van der Waals surface area (Å²) in [7, 11) is -3.08. The van der Waals surface area contributed by atoms with Crippen LogP contribution in [-0.2, 0) is 26.9 Å². The molecule has 2 rings (SSSR count). The molecule has 0 atom stereocenters. The van der Waals surface area contributed by atoms with Crippen LogP contribution in [0.3, 0.4) is 0 Å². The number of nitrogens with two attached hydrogens (primary N) is 1. The lowest BCUT2D eigenvalue weighted by atomic mass is 10.1. The second-order valence-electron chi connectivity index (χ2n) is 6.27. The summed E-state index contributed by atoms with van der Waals surface area (Å²) >= 11 is 0. The lowest BCUT2D eigenvalue weighted by molar-refractivity contribution is 0.0376. The van der Waals surface area contributed by atoms with Crippen LogP contribution >= 0.6 is 24.0 Å². The molecule has 3 N–H and O–H groups in total. The molecule has 7 nitrogen and oxygen atoms in total. The van der Waals surface area contributed by atoms with Gasteiger partial charge in [0.1, 0.15) is 0 Å². The zero-order chi connectivity index (χ0) is 18.1. The summed E-state index contributed by atoms with van der Waals surface area (Å²) in [5, 5.41) is 3.11. The van der Waals surface area contributed by atoms with E-state index in [0.29, 0.717) is 12.5 Å². The predicted octanol–water partition coefficient (Wildman–Crippen LogP) is 0.976. The Balaban J connectivity index is 0.00000338. The van der Waals surface area contributed by atoms with Crippen molar-refractivity contribution in [3.8, 4) is 0 Å². The lowest BCUT2D eigenvalue weighted by Gasteiger charge is -2.26. The molecule has 0 aromatic heterocycles. The van der Waals surface area contributed by atoms with E-state index in [9.17, 15) is 8.42 Å². The third-order valence-electron chi connectivity index (χ3n) is 4.02. The first-order valence-corrected chi connectivity index (χ1v) is 10.6. The zero-order valence-electron chi connectivity index (χ0n) is 15.2. The number of nitrogens with zero attached hydrogens (tertiary/aromatic N) is 2. The number of sulfone groups is 1. The monoisotopic (exact) mass is 496 g/mol. The molecular formula is C17H29IN4O3S. The first kappa shape index (κ1) is 23.1. The molecule has 1 aliphatic heterocycles. The first-order valence-electron chi connectivity index (χ1n) is 8.52. The molecule has 1 aromatic rings. The fourth-order valence-electron chi connectivity index (χ4n) is 2.71. The van der Waals surface area contributed by atoms with Crippen molar-refractivity contribution < 1.29 is 13.2 Å². The molecule has 0 amide bonds. The Labute approximate surface area is 173 Å². The number of morpholine rings is 1. The average molecular weight is 496 g/mol. The Hall–Kier alpha value is -0.910. The van der Waals surface area contributed by atoms with Crippen LogP contribution in [0.2, 0.25) is 0 Å². The molecular weight excluding hydrogens is 467 g/mol. The second-order valence-corrected chi connectivity index (χ2v) is 8.41. The summed E-state index contributed by atoms with van der Waals surface area (Å²) in [6, 6.07) is 7.41. The van der Waals surface area contributed by atoms with Crippen LogP contribution in [0, 0.1) is 0 Å². The van der Waals surface area contributed by atoms with Crippen LogP contribution in [0.4, 0.5) is 0 Å². The van der Waals surface area contributed by atoms with Gasteiger partial charge in [0.15, 0.2) is 15.8 Å². The summed E-state index contributed by atoms with van der Waals surface area (Å²) in [6.07, 6.45) is 2.22. The minimum Gasteiger partial charge on any atom is -0.379 e. The highest BCUT2D eigenvalue weighted by atomic mass is 127. The summed E-state index contributed by atoms with van der Waals surface area (Å²) in [5.41, 5.74) is 7.56. The standard InChI is InChI=1S/C17H28N4O3S.HI/c1-25(22,23)14-16-6-3-2-5-15(16)13-20-17(18)19-7-4-8-21-9-11-24-12-10-21;/h2-3,5-6H,4,7-14H2,1H3,(H3,18,19,20);1H. The molecule has 0 bridgehead atoms. The number of hydrogen-bond donors (Lipinski definition) is 2. The van der Waals surface area contributed by atoms with Gasteiger partial charge in [-0.05, 0) is 24.1 Å². The van der Waals surface area contributed by atoms with Gasteiger partial charge in [-0.1, -0.05) is 24.3 Å². The van der Waals surface area contributed by atoms with E-state index in [2.05, 4.69) is 15.2 Å². The van der Waals surface area contributed by atoms with Gasteiger partial charge in [0.2, 0.25) is 0 Å². The van der Waals surface area contributed by atoms with E-state index in [1.54, 1.807) is 0 Å². The van der Waals surface area contributed by atoms with Gasteiger partial charge in [-0.15, -0.1) is 24.0 Å². The van der Waals surface area contributed by atoms with Gasteiger partial charge in [0, 0.05) is 25.9 Å². The quantitative estimate of drug-likeness (QED) is 0.241. The van der Waals surface area contributed by atoms with Crippen molar-refractivity contribution in [3.63, 3.8) is 0 Å². The van der Waals surface area contributed by atoms with Crippen molar-refractivity contribution in [2.24, 2.45) is 10.7 Å². The number of nitrogens with one attached hydrogen (secondary N) is 1. The topological polar surface area (TPSA) is 97.0 Å². The smallest absolute Gasteiger partial charge is 0.188 e. The van der Waals surface area contributed by atoms with E-state index in [-0.39, 0.29) is 29.7 Å². The summed E-state index contributed by atoms with van der Waals surface area (Å²) < 4.78 is 28.3. The number of ether oxygens (including phenoxy) is 1. The molecule has 0 saturated carbocycles. The van der Waals surface area contributed by atoms with E-state index in [0.717, 1.165) is 56.9 Å². The van der Waals surface area contributed by atoms with Gasteiger partial charge in [0.05, 0.1) is 25.5 Å². The number of rotatable bonds is 8. The number of benzene rings is 1. The first-order chi connectivity index (χ1) is 11.9. The molecule has 1 aliphatic rings. The molecule has 1 saturated heterocycles. The van der Waals surface area contributed by atoms with Crippen LogP contribution in [0.1, 0.15) is 17.5 Å². The van der Waals surface area contributed by atoms with Crippen LogP contribution < -0.4 is 11.1 Å². The third-order valence-corrected chi connectivity index (χ3v) is 4.85. The molecule has 0 spiro atoms. The van der Waals surface area contributed by atoms with Gasteiger partial charge in [0.25, 0.3) is 0 Å². The Morgan fingerprint density at radius 3 is 2.58 bits per heavy atom. The zero-order valence-corrected chi connectivity index (χ0v) is 18.3. The Morgan fingerprint density at radius 2 is 1.92 bits per heavy atom. The van der Waals surface area contributed by atoms with Crippen molar-refractivity contribution in [1.29, 1.82) is 0 Å². The Bertz CT molecular complexity index is 676. The maximum atomic E-state index is 11.5. The molecule has 0 aliphatic carbocycles. The Kier molecular flexibility index (Phi) is 10.4. The molecule has 1 aromatic carbocycles. The van der Waals surface area contributed by atoms with Crippen LogP contribution in [0.25, 0.3) is 0 Å². The van der Waals surface area contributed by atoms with Crippen LogP contribution in [-0.4, -0.2) is 64.9 Å². The number of hydrogen-bond acceptors (Lipinski definition) is 5. The molecule has 9 heteroatoms. The fraction of sp³-hybridized carbons (Fsp3) is 0.588. The minimum absolute atomic E-state index is 0. The lowest BCUT2D eigenvalue weighted by Crippen LogP contribution is -2.39. The van der Waals surface area contributed by atoms with Crippen molar-refractivity contribution in [2.75, 3.05) is 45.6 Å². The molecule has 1 fully saturated rings. The van der Waals surface area contributed by atoms with Crippen molar-refractivity contribution in [2.45, 2.75) is 18.7 Å². The van der Waals surface area contributed by atoms with Crippen molar-refractivity contribution >= 4 is 39.8 Å². The van der Waals surface area contributed by atoms with E-state index < -0.39 is 9.84 Å². The maximum absolute atomic E-state index is 11.5. The fourth-order valence-corrected chi connectivity index (χ4v) is 3.55. The SMILES string of the molecule is CS(=O)(=O)Cc1ccccc1CN=C(N)NCCCN1CCOCC1.I. The molecule has 26 heavy (non-hydrogen) atoms. The Morgan fingerprint density at radius 1 is 1.27 bits per heavy atom. The van der Waals surface area contributed by atoms with E-state index in [1.807, 2.05) is 24.3 Å². The largest absolute Gasteiger partial charge is 0.379 e. The molecule has 0 unspecified atom stereocenters. The average Bonchev–Trinajstić information content (AvgIpc) is 2.57. The highest BCUT2D eigenvalue weighted by Crippen LogP contribution is 2.13. The van der Waals surface area contributed by atoms with E-state index in [1.165, 1.54) is 6.26 Å². The minimum atomic E-state index is -3.08. The normalized spacial score (nSPS) is 16.1. The van der Waals surface area contributed by atoms with Crippen LogP contribution in [0.5, 0.6) is 0 Å². The molecule has 148 valence electrons. The van der Waals surface area contributed by atoms with Crippen molar-refractivity contribution in [3.05, 3.63) is 35.4 Å². The van der Waals surface area contributed by atoms with E-state index in [4.69, 9.17) is 10.5 Å². The summed E-state index contributed by atoms with van der Waals surface area (Å²) in [4.78, 5) is 6.70. The van der Waals surface area contributed by atoms with Gasteiger partial charge >= 0.3 is 0 Å². The third kappa shape index (κ3) is 9.15. The summed E-state index contributed by atoms with van der Waals surface area (Å²) in [5.74, 6) is 0.405. The predicted molar refractivity (Wildman–Crippen MR) is 116 cm³/mol. The van der Waals surface area contributed by atoms with Gasteiger partial charge in [-0.2, -0.15) is 0 Å². The van der Waals surface area contributed by atoms with E-state index >= 15 is 0 Å². The number of halogens is 1. The number of guanidine groups is 1. The highest BCUT2D eigenvalue weighted by molar-refractivity contribution is 14.0. The van der Waals surface area contributed by atoms with Gasteiger partial charge in [-0.25, -0.2) is 13.4 Å². The van der Waals surface area contributed by atoms with Gasteiger partial charge < -0.3 is 15.8 Å².